The van der Waals surface area contributed by atoms with Crippen LogP contribution in [0.3, 0.4) is 0 Å². The van der Waals surface area contributed by atoms with E-state index in [1.807, 2.05) is 0 Å². The Morgan fingerprint density at radius 2 is 1.77 bits per heavy atom. The van der Waals surface area contributed by atoms with E-state index in [9.17, 15) is 19.6 Å². The van der Waals surface area contributed by atoms with Crippen molar-refractivity contribution in [1.82, 2.24) is 9.13 Å². The molecule has 0 bridgehead atoms. The molecule has 0 aliphatic carbocycles. The zero-order chi connectivity index (χ0) is 10.2. The number of hydrogen-bond acceptors (Lipinski definition) is 5. The Morgan fingerprint density at radius 1 is 1.23 bits per heavy atom. The highest BCUT2D eigenvalue weighted by Crippen LogP contribution is 2.13. The largest absolute Gasteiger partial charge is 0.858 e. The van der Waals surface area contributed by atoms with Gasteiger partial charge in [0.15, 0.2) is 5.69 Å². The predicted molar refractivity (Wildman–Crippen MR) is 41.8 cm³/mol. The van der Waals surface area contributed by atoms with Gasteiger partial charge in [-0.2, -0.15) is 0 Å². The zero-order valence-corrected chi connectivity index (χ0v) is 6.97. The van der Waals surface area contributed by atoms with Crippen molar-refractivity contribution in [3.63, 3.8) is 0 Å². The molecule has 0 aliphatic heterocycles. The third-order valence-electron chi connectivity index (χ3n) is 1.68. The number of rotatable bonds is 1. The fourth-order valence-corrected chi connectivity index (χ4v) is 0.886. The molecular formula is C6H6N3O4-. The van der Waals surface area contributed by atoms with Gasteiger partial charge in [0.25, 0.3) is 5.56 Å². The molecule has 0 saturated heterocycles. The van der Waals surface area contributed by atoms with E-state index in [4.69, 9.17) is 0 Å². The van der Waals surface area contributed by atoms with Crippen LogP contribution in [0.4, 0.5) is 5.69 Å². The maximum absolute atomic E-state index is 11.1. The zero-order valence-electron chi connectivity index (χ0n) is 6.97. The highest BCUT2D eigenvalue weighted by molar-refractivity contribution is 5.42. The second-order valence-electron chi connectivity index (χ2n) is 2.45. The molecule has 0 N–H and O–H groups in total. The number of nitroso groups, excluding NO2 is 1. The molecule has 13 heavy (non-hydrogen) atoms. The van der Waals surface area contributed by atoms with E-state index in [0.29, 0.717) is 9.13 Å². The molecule has 70 valence electrons. The minimum Gasteiger partial charge on any atom is -0.858 e. The third-order valence-corrected chi connectivity index (χ3v) is 1.68. The van der Waals surface area contributed by atoms with E-state index in [0.717, 1.165) is 0 Å². The molecule has 0 fully saturated rings. The molecule has 0 atom stereocenters. The molecule has 7 heteroatoms. The lowest BCUT2D eigenvalue weighted by Crippen LogP contribution is -2.37. The molecule has 0 spiro atoms. The predicted octanol–water partition coefficient (Wildman–Crippen LogP) is -1.44. The van der Waals surface area contributed by atoms with E-state index in [2.05, 4.69) is 5.18 Å². The average molecular weight is 184 g/mol. The van der Waals surface area contributed by atoms with Crippen LogP contribution in [0, 0.1) is 4.91 Å². The Hall–Kier alpha value is -1.92. The Labute approximate surface area is 71.8 Å². The Kier molecular flexibility index (Phi) is 2.01. The lowest BCUT2D eigenvalue weighted by Gasteiger charge is -2.13. The van der Waals surface area contributed by atoms with Gasteiger partial charge in [0.2, 0.25) is 0 Å². The molecule has 1 aromatic rings. The summed E-state index contributed by atoms with van der Waals surface area (Å²) in [6, 6.07) is 0. The quantitative estimate of drug-likeness (QED) is 0.499. The summed E-state index contributed by atoms with van der Waals surface area (Å²) in [6.45, 7) is 0. The van der Waals surface area contributed by atoms with Gasteiger partial charge >= 0.3 is 5.69 Å². The van der Waals surface area contributed by atoms with Crippen LogP contribution in [-0.4, -0.2) is 9.13 Å². The minimum atomic E-state index is -0.969. The van der Waals surface area contributed by atoms with E-state index in [-0.39, 0.29) is 0 Å². The van der Waals surface area contributed by atoms with Crippen molar-refractivity contribution in [1.29, 1.82) is 0 Å². The Morgan fingerprint density at radius 3 is 2.23 bits per heavy atom. The van der Waals surface area contributed by atoms with Gasteiger partial charge < -0.3 is 9.67 Å². The Bertz CT molecular complexity index is 470. The first-order valence-corrected chi connectivity index (χ1v) is 3.31. The maximum Gasteiger partial charge on any atom is 0.330 e. The van der Waals surface area contributed by atoms with E-state index in [1.165, 1.54) is 14.1 Å². The van der Waals surface area contributed by atoms with Crippen molar-refractivity contribution in [3.8, 4) is 5.88 Å². The van der Waals surface area contributed by atoms with Crippen molar-refractivity contribution < 1.29 is 5.11 Å². The molecule has 0 aromatic carbocycles. The lowest BCUT2D eigenvalue weighted by molar-refractivity contribution is -0.278. The van der Waals surface area contributed by atoms with Crippen LogP contribution >= 0.6 is 0 Å². The summed E-state index contributed by atoms with van der Waals surface area (Å²) in [5.41, 5.74) is -2.52. The number of nitrogens with zero attached hydrogens (tertiary/aromatic N) is 3. The third kappa shape index (κ3) is 1.13. The smallest absolute Gasteiger partial charge is 0.330 e. The van der Waals surface area contributed by atoms with Crippen LogP contribution < -0.4 is 16.4 Å². The van der Waals surface area contributed by atoms with Gasteiger partial charge in [-0.3, -0.25) is 9.36 Å². The van der Waals surface area contributed by atoms with E-state index >= 15 is 0 Å². The van der Waals surface area contributed by atoms with Gasteiger partial charge in [-0.15, -0.1) is 4.91 Å². The van der Waals surface area contributed by atoms with Gasteiger partial charge in [-0.1, -0.05) is 0 Å². The van der Waals surface area contributed by atoms with Gasteiger partial charge in [0, 0.05) is 20.0 Å². The number of hydrogen-bond donors (Lipinski definition) is 0. The summed E-state index contributed by atoms with van der Waals surface area (Å²) < 4.78 is 1.30. The van der Waals surface area contributed by atoms with Crippen LogP contribution in [0.5, 0.6) is 5.88 Å². The topological polar surface area (TPSA) is 96.5 Å². The van der Waals surface area contributed by atoms with Crippen molar-refractivity contribution in [2.24, 2.45) is 19.3 Å². The van der Waals surface area contributed by atoms with Crippen LogP contribution in [0.25, 0.3) is 0 Å². The average Bonchev–Trinajstić information content (AvgIpc) is 2.13. The molecule has 0 aliphatic rings. The van der Waals surface area contributed by atoms with Crippen LogP contribution in [0.1, 0.15) is 0 Å². The monoisotopic (exact) mass is 184 g/mol. The van der Waals surface area contributed by atoms with Gasteiger partial charge in [0.05, 0.1) is 0 Å². The standard InChI is InChI=1S/C6H7N3O4/c1-8-4(10)3(7-13)5(11)9(2)6(8)12/h10H,1-2H3/p-1. The molecular weight excluding hydrogens is 178 g/mol. The minimum absolute atomic E-state index is 0.651. The first-order chi connectivity index (χ1) is 6.00. The van der Waals surface area contributed by atoms with Gasteiger partial charge in [0.1, 0.15) is 0 Å². The van der Waals surface area contributed by atoms with Gasteiger partial charge in [-0.25, -0.2) is 4.79 Å². The van der Waals surface area contributed by atoms with Crippen molar-refractivity contribution in [3.05, 3.63) is 25.7 Å². The van der Waals surface area contributed by atoms with Crippen molar-refractivity contribution in [2.75, 3.05) is 0 Å². The van der Waals surface area contributed by atoms with Crippen molar-refractivity contribution >= 4 is 5.69 Å². The number of aromatic nitrogens is 2. The van der Waals surface area contributed by atoms with Crippen molar-refractivity contribution in [2.45, 2.75) is 0 Å². The summed E-state index contributed by atoms with van der Waals surface area (Å²) in [7, 11) is 2.33. The highest BCUT2D eigenvalue weighted by Gasteiger charge is 2.08. The first kappa shape index (κ1) is 9.17. The summed E-state index contributed by atoms with van der Waals surface area (Å²) in [5, 5.41) is 13.3. The summed E-state index contributed by atoms with van der Waals surface area (Å²) in [4.78, 5) is 32.2. The second-order valence-corrected chi connectivity index (χ2v) is 2.45. The molecule has 0 radical (unpaired) electrons. The molecule has 0 amide bonds. The maximum atomic E-state index is 11.1. The first-order valence-electron chi connectivity index (χ1n) is 3.31. The molecule has 7 nitrogen and oxygen atoms in total. The fourth-order valence-electron chi connectivity index (χ4n) is 0.886. The molecule has 0 unspecified atom stereocenters. The molecule has 1 heterocycles. The summed E-state index contributed by atoms with van der Waals surface area (Å²) >= 11 is 0. The molecule has 0 saturated carbocycles. The summed E-state index contributed by atoms with van der Waals surface area (Å²) in [6.07, 6.45) is 0. The van der Waals surface area contributed by atoms with Gasteiger partial charge in [-0.05, 0) is 5.18 Å². The lowest BCUT2D eigenvalue weighted by atomic mass is 10.5. The fraction of sp³-hybridized carbons (Fsp3) is 0.333. The normalized spacial score (nSPS) is 10.0. The molecule has 1 rings (SSSR count). The van der Waals surface area contributed by atoms with E-state index < -0.39 is 22.8 Å². The van der Waals surface area contributed by atoms with E-state index in [1.54, 1.807) is 0 Å². The summed E-state index contributed by atoms with van der Waals surface area (Å²) in [5.74, 6) is -0.969. The van der Waals surface area contributed by atoms with Crippen LogP contribution in [0.15, 0.2) is 14.8 Å². The second kappa shape index (κ2) is 2.85. The van der Waals surface area contributed by atoms with Crippen LogP contribution in [-0.2, 0) is 14.1 Å². The van der Waals surface area contributed by atoms with Crippen LogP contribution in [0.2, 0.25) is 0 Å². The SMILES string of the molecule is Cn1c([O-])c(N=O)c(=O)n(C)c1=O. The molecule has 1 aromatic heterocycles. The highest BCUT2D eigenvalue weighted by atomic mass is 16.3. The Balaban J connectivity index is 3.88.